The molecule has 2 fully saturated rings. The maximum Gasteiger partial charge on any atom is 0.244 e. The fourth-order valence-electron chi connectivity index (χ4n) is 3.23. The van der Waals surface area contributed by atoms with E-state index in [1.165, 1.54) is 16.4 Å². The lowest BCUT2D eigenvalue weighted by Gasteiger charge is -2.17. The minimum absolute atomic E-state index is 0.0264. The standard InChI is InChI=1S/C18H25ClN2O5S/c19-16-6-5-14(12-17(16)27(23,24)21-8-1-2-9-21)20-18(22)7-11-25-13-15-4-3-10-26-15/h5-6,12,15H,1-4,7-11,13H2,(H,20,22). The van der Waals surface area contributed by atoms with Crippen LogP contribution < -0.4 is 5.32 Å². The van der Waals surface area contributed by atoms with Gasteiger partial charge < -0.3 is 14.8 Å². The van der Waals surface area contributed by atoms with Crippen molar-refractivity contribution in [2.45, 2.75) is 43.1 Å². The molecule has 1 aromatic rings. The Kier molecular flexibility index (Phi) is 7.10. The van der Waals surface area contributed by atoms with Crippen LogP contribution in [0.15, 0.2) is 23.1 Å². The lowest BCUT2D eigenvalue weighted by atomic mass is 10.2. The van der Waals surface area contributed by atoms with Gasteiger partial charge >= 0.3 is 0 Å². The van der Waals surface area contributed by atoms with Gasteiger partial charge in [-0.2, -0.15) is 4.31 Å². The number of halogens is 1. The molecular formula is C18H25ClN2O5S. The number of sulfonamides is 1. The van der Waals surface area contributed by atoms with E-state index in [1.807, 2.05) is 0 Å². The van der Waals surface area contributed by atoms with E-state index in [2.05, 4.69) is 5.32 Å². The zero-order valence-electron chi connectivity index (χ0n) is 15.2. The Morgan fingerprint density at radius 2 is 2.07 bits per heavy atom. The molecule has 0 aliphatic carbocycles. The fraction of sp³-hybridized carbons (Fsp3) is 0.611. The van der Waals surface area contributed by atoms with Gasteiger partial charge in [-0.15, -0.1) is 0 Å². The molecule has 1 aromatic carbocycles. The van der Waals surface area contributed by atoms with Gasteiger partial charge in [0.1, 0.15) is 4.90 Å². The third kappa shape index (κ3) is 5.42. The summed E-state index contributed by atoms with van der Waals surface area (Å²) in [5.41, 5.74) is 0.404. The van der Waals surface area contributed by atoms with Crippen molar-refractivity contribution in [2.75, 3.05) is 38.2 Å². The quantitative estimate of drug-likeness (QED) is 0.658. The second-order valence-corrected chi connectivity index (χ2v) is 9.08. The first-order valence-corrected chi connectivity index (χ1v) is 11.1. The van der Waals surface area contributed by atoms with Gasteiger partial charge in [0, 0.05) is 25.4 Å². The maximum atomic E-state index is 12.7. The largest absolute Gasteiger partial charge is 0.378 e. The summed E-state index contributed by atoms with van der Waals surface area (Å²) >= 11 is 6.11. The van der Waals surface area contributed by atoms with Crippen molar-refractivity contribution >= 4 is 33.2 Å². The Morgan fingerprint density at radius 1 is 1.30 bits per heavy atom. The first kappa shape index (κ1) is 20.5. The molecule has 2 heterocycles. The number of benzene rings is 1. The molecule has 150 valence electrons. The van der Waals surface area contributed by atoms with Crippen LogP contribution in [0.25, 0.3) is 0 Å². The van der Waals surface area contributed by atoms with E-state index in [0.29, 0.717) is 25.4 Å². The van der Waals surface area contributed by atoms with Gasteiger partial charge in [-0.05, 0) is 43.9 Å². The number of nitrogens with zero attached hydrogens (tertiary/aromatic N) is 1. The van der Waals surface area contributed by atoms with E-state index in [-0.39, 0.29) is 35.0 Å². The molecule has 1 N–H and O–H groups in total. The Labute approximate surface area is 165 Å². The van der Waals surface area contributed by atoms with E-state index in [0.717, 1.165) is 32.3 Å². The zero-order chi connectivity index (χ0) is 19.3. The zero-order valence-corrected chi connectivity index (χ0v) is 16.7. The summed E-state index contributed by atoms with van der Waals surface area (Å²) in [7, 11) is -3.65. The minimum atomic E-state index is -3.65. The van der Waals surface area contributed by atoms with E-state index in [9.17, 15) is 13.2 Å². The summed E-state index contributed by atoms with van der Waals surface area (Å²) in [6, 6.07) is 4.51. The highest BCUT2D eigenvalue weighted by Crippen LogP contribution is 2.29. The van der Waals surface area contributed by atoms with Crippen LogP contribution in [-0.4, -0.2) is 57.6 Å². The van der Waals surface area contributed by atoms with Gasteiger partial charge in [0.25, 0.3) is 0 Å². The van der Waals surface area contributed by atoms with Crippen LogP contribution in [0.4, 0.5) is 5.69 Å². The SMILES string of the molecule is O=C(CCOCC1CCCO1)Nc1ccc(Cl)c(S(=O)(=O)N2CCCC2)c1. The highest BCUT2D eigenvalue weighted by molar-refractivity contribution is 7.89. The van der Waals surface area contributed by atoms with Crippen molar-refractivity contribution in [2.24, 2.45) is 0 Å². The van der Waals surface area contributed by atoms with Crippen molar-refractivity contribution < 1.29 is 22.7 Å². The molecule has 0 saturated carbocycles. The highest BCUT2D eigenvalue weighted by atomic mass is 35.5. The molecule has 2 aliphatic heterocycles. The van der Waals surface area contributed by atoms with Crippen LogP contribution in [0.1, 0.15) is 32.1 Å². The number of nitrogens with one attached hydrogen (secondary N) is 1. The fourth-order valence-corrected chi connectivity index (χ4v) is 5.24. The monoisotopic (exact) mass is 416 g/mol. The molecule has 27 heavy (non-hydrogen) atoms. The summed E-state index contributed by atoms with van der Waals surface area (Å²) in [5, 5.41) is 2.86. The summed E-state index contributed by atoms with van der Waals surface area (Å²) < 4.78 is 37.8. The van der Waals surface area contributed by atoms with Crippen molar-refractivity contribution in [1.82, 2.24) is 4.31 Å². The molecule has 0 aromatic heterocycles. The molecule has 0 radical (unpaired) electrons. The third-order valence-corrected chi connectivity index (χ3v) is 7.08. The maximum absolute atomic E-state index is 12.7. The topological polar surface area (TPSA) is 84.9 Å². The molecule has 0 bridgehead atoms. The van der Waals surface area contributed by atoms with Gasteiger partial charge in [0.2, 0.25) is 15.9 Å². The van der Waals surface area contributed by atoms with Gasteiger partial charge in [-0.1, -0.05) is 11.6 Å². The second-order valence-electron chi connectivity index (χ2n) is 6.76. The van der Waals surface area contributed by atoms with Gasteiger partial charge in [-0.3, -0.25) is 4.79 Å². The second kappa shape index (κ2) is 9.34. The first-order chi connectivity index (χ1) is 13.0. The number of rotatable bonds is 8. The average Bonchev–Trinajstić information content (AvgIpc) is 3.34. The predicted molar refractivity (Wildman–Crippen MR) is 102 cm³/mol. The van der Waals surface area contributed by atoms with Gasteiger partial charge in [-0.25, -0.2) is 8.42 Å². The van der Waals surface area contributed by atoms with Crippen LogP contribution in [0.2, 0.25) is 5.02 Å². The molecule has 2 saturated heterocycles. The Hall–Kier alpha value is -1.19. The first-order valence-electron chi connectivity index (χ1n) is 9.26. The number of carbonyl (C=O) groups excluding carboxylic acids is 1. The van der Waals surface area contributed by atoms with E-state index in [1.54, 1.807) is 6.07 Å². The van der Waals surface area contributed by atoms with E-state index < -0.39 is 10.0 Å². The van der Waals surface area contributed by atoms with Crippen LogP contribution in [0.3, 0.4) is 0 Å². The number of hydrogen-bond acceptors (Lipinski definition) is 5. The van der Waals surface area contributed by atoms with Gasteiger partial charge in [0.05, 0.1) is 30.8 Å². The molecule has 0 spiro atoms. The summed E-state index contributed by atoms with van der Waals surface area (Å²) in [6.07, 6.45) is 4.05. The van der Waals surface area contributed by atoms with Crippen LogP contribution in [0, 0.1) is 0 Å². The van der Waals surface area contributed by atoms with E-state index >= 15 is 0 Å². The number of hydrogen-bond donors (Lipinski definition) is 1. The Morgan fingerprint density at radius 3 is 2.78 bits per heavy atom. The lowest BCUT2D eigenvalue weighted by Crippen LogP contribution is -2.28. The number of amides is 1. The Bertz CT molecular complexity index is 759. The minimum Gasteiger partial charge on any atom is -0.378 e. The number of ether oxygens (including phenoxy) is 2. The summed E-state index contributed by atoms with van der Waals surface area (Å²) in [5.74, 6) is -0.241. The molecule has 2 aliphatic rings. The van der Waals surface area contributed by atoms with Crippen LogP contribution in [-0.2, 0) is 24.3 Å². The van der Waals surface area contributed by atoms with Crippen molar-refractivity contribution in [3.05, 3.63) is 23.2 Å². The van der Waals surface area contributed by atoms with Crippen molar-refractivity contribution in [1.29, 1.82) is 0 Å². The average molecular weight is 417 g/mol. The highest BCUT2D eigenvalue weighted by Gasteiger charge is 2.29. The molecule has 1 amide bonds. The Balaban J connectivity index is 1.54. The lowest BCUT2D eigenvalue weighted by molar-refractivity contribution is -0.117. The summed E-state index contributed by atoms with van der Waals surface area (Å²) in [4.78, 5) is 12.1. The molecule has 9 heteroatoms. The molecule has 7 nitrogen and oxygen atoms in total. The van der Waals surface area contributed by atoms with Gasteiger partial charge in [0.15, 0.2) is 0 Å². The van der Waals surface area contributed by atoms with Crippen LogP contribution >= 0.6 is 11.6 Å². The molecule has 1 atom stereocenters. The van der Waals surface area contributed by atoms with Crippen molar-refractivity contribution in [3.8, 4) is 0 Å². The number of anilines is 1. The molecule has 1 unspecified atom stereocenters. The molecular weight excluding hydrogens is 392 g/mol. The normalized spacial score (nSPS) is 20.9. The smallest absolute Gasteiger partial charge is 0.244 e. The molecule has 3 rings (SSSR count). The third-order valence-electron chi connectivity index (χ3n) is 4.70. The number of carbonyl (C=O) groups is 1. The summed E-state index contributed by atoms with van der Waals surface area (Å²) in [6.45, 7) is 2.55. The predicted octanol–water partition coefficient (Wildman–Crippen LogP) is 2.65. The van der Waals surface area contributed by atoms with E-state index in [4.69, 9.17) is 21.1 Å². The van der Waals surface area contributed by atoms with Crippen molar-refractivity contribution in [3.63, 3.8) is 0 Å². The van der Waals surface area contributed by atoms with Crippen LogP contribution in [0.5, 0.6) is 0 Å².